The largest absolute Gasteiger partial charge is 0.357 e. The van der Waals surface area contributed by atoms with Gasteiger partial charge < -0.3 is 19.9 Å². The molecule has 2 fully saturated rings. The fourth-order valence-electron chi connectivity index (χ4n) is 4.46. The van der Waals surface area contributed by atoms with Crippen molar-refractivity contribution in [1.29, 1.82) is 0 Å². The van der Waals surface area contributed by atoms with Crippen molar-refractivity contribution in [1.82, 2.24) is 24.9 Å². The molecule has 0 radical (unpaired) electrons. The lowest BCUT2D eigenvalue weighted by molar-refractivity contribution is -0.134. The molecule has 30 heavy (non-hydrogen) atoms. The number of hydrogen-bond donors (Lipinski definition) is 2. The number of rotatable bonds is 5. The maximum absolute atomic E-state index is 12.7. The van der Waals surface area contributed by atoms with E-state index in [1.807, 2.05) is 17.0 Å². The third kappa shape index (κ3) is 5.25. The van der Waals surface area contributed by atoms with Crippen LogP contribution < -0.4 is 10.6 Å². The molecular formula is C22H33IN6O. The number of aromatic nitrogens is 2. The number of likely N-dealkylation sites (tertiary alicyclic amines) is 1. The van der Waals surface area contributed by atoms with E-state index in [2.05, 4.69) is 46.1 Å². The van der Waals surface area contributed by atoms with Gasteiger partial charge in [-0.3, -0.25) is 4.79 Å². The second kappa shape index (κ2) is 10.5. The molecule has 3 heterocycles. The summed E-state index contributed by atoms with van der Waals surface area (Å²) in [6, 6.07) is 6.36. The van der Waals surface area contributed by atoms with E-state index in [9.17, 15) is 4.79 Å². The van der Waals surface area contributed by atoms with Crippen LogP contribution in [0.25, 0.3) is 5.65 Å². The highest BCUT2D eigenvalue weighted by atomic mass is 127. The Bertz CT molecular complexity index is 889. The van der Waals surface area contributed by atoms with E-state index in [0.717, 1.165) is 61.9 Å². The van der Waals surface area contributed by atoms with Gasteiger partial charge in [-0.05, 0) is 45.2 Å². The number of imidazole rings is 1. The van der Waals surface area contributed by atoms with Crippen LogP contribution in [0.1, 0.15) is 50.4 Å². The van der Waals surface area contributed by atoms with Gasteiger partial charge in [-0.15, -0.1) is 24.0 Å². The van der Waals surface area contributed by atoms with Gasteiger partial charge in [0.15, 0.2) is 5.96 Å². The van der Waals surface area contributed by atoms with E-state index in [0.29, 0.717) is 12.5 Å². The Balaban J connectivity index is 0.00000256. The third-order valence-electron chi connectivity index (χ3n) is 6.03. The summed E-state index contributed by atoms with van der Waals surface area (Å²) in [5.74, 6) is 1.41. The molecular weight excluding hydrogens is 491 g/mol. The smallest absolute Gasteiger partial charge is 0.225 e. The molecule has 1 saturated carbocycles. The molecule has 0 spiro atoms. The van der Waals surface area contributed by atoms with Crippen molar-refractivity contribution in [3.05, 3.63) is 35.8 Å². The second-order valence-electron chi connectivity index (χ2n) is 8.22. The Morgan fingerprint density at radius 1 is 1.27 bits per heavy atom. The summed E-state index contributed by atoms with van der Waals surface area (Å²) in [5, 5.41) is 6.84. The standard InChI is InChI=1S/C22H32N6O.HI/c1-3-23-22(24-13-19-15-28-16(2)7-6-10-20(28)25-19)26-18-11-12-27(14-18)21(29)17-8-4-5-9-17;/h6-7,10,15,17-18H,3-5,8-9,11-14H2,1-2H3,(H2,23,24,26);1H. The molecule has 7 nitrogen and oxygen atoms in total. The Morgan fingerprint density at radius 3 is 2.80 bits per heavy atom. The molecule has 2 aromatic heterocycles. The number of carbonyl (C=O) groups is 1. The fourth-order valence-corrected chi connectivity index (χ4v) is 4.46. The van der Waals surface area contributed by atoms with E-state index in [4.69, 9.17) is 4.99 Å². The van der Waals surface area contributed by atoms with Crippen molar-refractivity contribution in [3.63, 3.8) is 0 Å². The number of fused-ring (bicyclic) bond motifs is 1. The average molecular weight is 524 g/mol. The lowest BCUT2D eigenvalue weighted by Gasteiger charge is -2.21. The van der Waals surface area contributed by atoms with Crippen LogP contribution in [0.15, 0.2) is 29.4 Å². The highest BCUT2D eigenvalue weighted by Crippen LogP contribution is 2.27. The molecule has 1 amide bonds. The first-order chi connectivity index (χ1) is 14.1. The molecule has 1 aliphatic heterocycles. The number of aliphatic imine (C=N–C) groups is 1. The van der Waals surface area contributed by atoms with Crippen molar-refractivity contribution in [2.24, 2.45) is 10.9 Å². The number of amides is 1. The summed E-state index contributed by atoms with van der Waals surface area (Å²) in [4.78, 5) is 24.1. The Labute approximate surface area is 195 Å². The second-order valence-corrected chi connectivity index (χ2v) is 8.22. The number of halogens is 1. The number of nitrogens with zero attached hydrogens (tertiary/aromatic N) is 4. The first-order valence-electron chi connectivity index (χ1n) is 10.9. The van der Waals surface area contributed by atoms with Crippen LogP contribution in [-0.2, 0) is 11.3 Å². The van der Waals surface area contributed by atoms with Crippen LogP contribution in [0.5, 0.6) is 0 Å². The van der Waals surface area contributed by atoms with E-state index in [-0.39, 0.29) is 35.9 Å². The quantitative estimate of drug-likeness (QED) is 0.358. The Kier molecular flexibility index (Phi) is 7.96. The zero-order chi connectivity index (χ0) is 20.2. The maximum Gasteiger partial charge on any atom is 0.225 e. The number of pyridine rings is 1. The number of hydrogen-bond acceptors (Lipinski definition) is 3. The molecule has 0 aromatic carbocycles. The van der Waals surface area contributed by atoms with E-state index in [1.54, 1.807) is 0 Å². The van der Waals surface area contributed by atoms with Crippen molar-refractivity contribution < 1.29 is 4.79 Å². The predicted octanol–water partition coefficient (Wildman–Crippen LogP) is 3.11. The summed E-state index contributed by atoms with van der Waals surface area (Å²) in [7, 11) is 0. The van der Waals surface area contributed by atoms with E-state index >= 15 is 0 Å². The number of guanidine groups is 1. The molecule has 1 unspecified atom stereocenters. The van der Waals surface area contributed by atoms with Gasteiger partial charge in [0, 0.05) is 43.5 Å². The molecule has 0 bridgehead atoms. The van der Waals surface area contributed by atoms with Crippen molar-refractivity contribution >= 4 is 41.5 Å². The van der Waals surface area contributed by atoms with Gasteiger partial charge in [-0.1, -0.05) is 18.9 Å². The topological polar surface area (TPSA) is 74.0 Å². The van der Waals surface area contributed by atoms with Crippen LogP contribution in [-0.4, -0.2) is 51.8 Å². The number of carbonyl (C=O) groups excluding carboxylic acids is 1. The monoisotopic (exact) mass is 524 g/mol. The van der Waals surface area contributed by atoms with Gasteiger partial charge in [0.2, 0.25) is 5.91 Å². The lowest BCUT2D eigenvalue weighted by Crippen LogP contribution is -2.45. The van der Waals surface area contributed by atoms with Crippen LogP contribution in [0.4, 0.5) is 0 Å². The maximum atomic E-state index is 12.7. The zero-order valence-corrected chi connectivity index (χ0v) is 20.3. The van der Waals surface area contributed by atoms with Crippen LogP contribution in [0.2, 0.25) is 0 Å². The van der Waals surface area contributed by atoms with Gasteiger partial charge in [-0.2, -0.15) is 0 Å². The summed E-state index contributed by atoms with van der Waals surface area (Å²) in [6.07, 6.45) is 7.55. The first kappa shape index (κ1) is 22.8. The molecule has 1 aliphatic carbocycles. The molecule has 2 N–H and O–H groups in total. The molecule has 1 saturated heterocycles. The average Bonchev–Trinajstić information content (AvgIpc) is 3.46. The lowest BCUT2D eigenvalue weighted by atomic mass is 10.1. The van der Waals surface area contributed by atoms with Gasteiger partial charge in [0.1, 0.15) is 5.65 Å². The summed E-state index contributed by atoms with van der Waals surface area (Å²) < 4.78 is 2.09. The third-order valence-corrected chi connectivity index (χ3v) is 6.03. The SMILES string of the molecule is CCNC(=NCc1cn2c(C)cccc2n1)NC1CCN(C(=O)C2CCCC2)C1.I. The molecule has 2 aliphatic rings. The van der Waals surface area contributed by atoms with Crippen molar-refractivity contribution in [2.45, 2.75) is 58.5 Å². The zero-order valence-electron chi connectivity index (χ0n) is 17.9. The van der Waals surface area contributed by atoms with Crippen LogP contribution in [0, 0.1) is 12.8 Å². The van der Waals surface area contributed by atoms with E-state index < -0.39 is 0 Å². The highest BCUT2D eigenvalue weighted by Gasteiger charge is 2.32. The number of nitrogens with one attached hydrogen (secondary N) is 2. The van der Waals surface area contributed by atoms with Gasteiger partial charge in [-0.25, -0.2) is 9.98 Å². The number of aryl methyl sites for hydroxylation is 1. The Morgan fingerprint density at radius 2 is 2.07 bits per heavy atom. The van der Waals surface area contributed by atoms with Crippen molar-refractivity contribution in [3.8, 4) is 0 Å². The Hall–Kier alpha value is -1.84. The van der Waals surface area contributed by atoms with Crippen LogP contribution >= 0.6 is 24.0 Å². The molecule has 4 rings (SSSR count). The first-order valence-corrected chi connectivity index (χ1v) is 10.9. The minimum atomic E-state index is 0. The van der Waals surface area contributed by atoms with E-state index in [1.165, 1.54) is 12.8 Å². The minimum absolute atomic E-state index is 0. The minimum Gasteiger partial charge on any atom is -0.357 e. The predicted molar refractivity (Wildman–Crippen MR) is 130 cm³/mol. The highest BCUT2D eigenvalue weighted by molar-refractivity contribution is 14.0. The fraction of sp³-hybridized carbons (Fsp3) is 0.591. The summed E-state index contributed by atoms with van der Waals surface area (Å²) in [6.45, 7) is 7.08. The molecule has 164 valence electrons. The van der Waals surface area contributed by atoms with Gasteiger partial charge in [0.25, 0.3) is 0 Å². The summed E-state index contributed by atoms with van der Waals surface area (Å²) >= 11 is 0. The molecule has 2 aromatic rings. The van der Waals surface area contributed by atoms with Gasteiger partial charge in [0.05, 0.1) is 12.2 Å². The summed E-state index contributed by atoms with van der Waals surface area (Å²) in [5.41, 5.74) is 3.05. The van der Waals surface area contributed by atoms with Gasteiger partial charge >= 0.3 is 0 Å². The normalized spacial score (nSPS) is 19.9. The van der Waals surface area contributed by atoms with Crippen LogP contribution in [0.3, 0.4) is 0 Å². The molecule has 8 heteroatoms. The molecule has 1 atom stereocenters. The van der Waals surface area contributed by atoms with Crippen molar-refractivity contribution in [2.75, 3.05) is 19.6 Å².